The van der Waals surface area contributed by atoms with Crippen LogP contribution in [-0.2, 0) is 4.74 Å². The van der Waals surface area contributed by atoms with E-state index in [9.17, 15) is 9.90 Å². The van der Waals surface area contributed by atoms with Crippen LogP contribution in [0.25, 0.3) is 0 Å². The summed E-state index contributed by atoms with van der Waals surface area (Å²) in [6, 6.07) is 7.22. The molecule has 6 heteroatoms. The van der Waals surface area contributed by atoms with Gasteiger partial charge in [0.2, 0.25) is 0 Å². The van der Waals surface area contributed by atoms with Crippen molar-refractivity contribution in [3.8, 4) is 5.75 Å². The fourth-order valence-corrected chi connectivity index (χ4v) is 2.82. The number of unbranched alkanes of at least 4 members (excludes halogenated alkanes) is 1. The summed E-state index contributed by atoms with van der Waals surface area (Å²) in [6.07, 6.45) is 4.44. The standard InChI is InChI=1S/C19H30N2O4/c1-2-3-12-24-18-9-7-8-16(13-18)20-19(23)25-15-17(22)14-21-10-5-4-6-11-21/h7-9,13,17,22H,2-6,10-12,14-15H2,1H3,(H,20,23). The Hall–Kier alpha value is -1.79. The summed E-state index contributed by atoms with van der Waals surface area (Å²) in [5.74, 6) is 0.719. The minimum absolute atomic E-state index is 0.00494. The number of likely N-dealkylation sites (tertiary alicyclic amines) is 1. The van der Waals surface area contributed by atoms with E-state index >= 15 is 0 Å². The van der Waals surface area contributed by atoms with E-state index in [0.29, 0.717) is 18.8 Å². The van der Waals surface area contributed by atoms with E-state index in [0.717, 1.165) is 31.7 Å². The molecule has 1 heterocycles. The smallest absolute Gasteiger partial charge is 0.411 e. The van der Waals surface area contributed by atoms with Crippen molar-refractivity contribution in [2.45, 2.75) is 45.1 Å². The quantitative estimate of drug-likeness (QED) is 0.669. The zero-order valence-electron chi connectivity index (χ0n) is 15.1. The summed E-state index contributed by atoms with van der Waals surface area (Å²) in [6.45, 7) is 5.33. The second-order valence-corrected chi connectivity index (χ2v) is 6.47. The van der Waals surface area contributed by atoms with E-state index in [1.165, 1.54) is 19.3 Å². The molecule has 1 aliphatic rings. The van der Waals surface area contributed by atoms with Gasteiger partial charge in [-0.1, -0.05) is 25.8 Å². The largest absolute Gasteiger partial charge is 0.494 e. The number of nitrogens with zero attached hydrogens (tertiary/aromatic N) is 1. The fourth-order valence-electron chi connectivity index (χ4n) is 2.82. The van der Waals surface area contributed by atoms with Crippen LogP contribution in [0.5, 0.6) is 5.75 Å². The molecule has 1 aromatic rings. The van der Waals surface area contributed by atoms with E-state index in [-0.39, 0.29) is 6.61 Å². The Morgan fingerprint density at radius 2 is 2.12 bits per heavy atom. The van der Waals surface area contributed by atoms with Gasteiger partial charge in [-0.3, -0.25) is 5.32 Å². The summed E-state index contributed by atoms with van der Waals surface area (Å²) in [7, 11) is 0. The number of hydrogen-bond donors (Lipinski definition) is 2. The molecule has 1 fully saturated rings. The SMILES string of the molecule is CCCCOc1cccc(NC(=O)OCC(O)CN2CCCCC2)c1. The Labute approximate surface area is 150 Å². The molecule has 1 aromatic carbocycles. The molecule has 1 atom stereocenters. The maximum Gasteiger partial charge on any atom is 0.411 e. The van der Waals surface area contributed by atoms with Crippen LogP contribution in [0.2, 0.25) is 0 Å². The third-order valence-electron chi connectivity index (χ3n) is 4.17. The lowest BCUT2D eigenvalue weighted by Crippen LogP contribution is -2.38. The van der Waals surface area contributed by atoms with Gasteiger partial charge in [-0.05, 0) is 44.5 Å². The summed E-state index contributed by atoms with van der Waals surface area (Å²) in [4.78, 5) is 14.1. The number of aliphatic hydroxyl groups excluding tert-OH is 1. The fraction of sp³-hybridized carbons (Fsp3) is 0.632. The number of anilines is 1. The summed E-state index contributed by atoms with van der Waals surface area (Å²) in [5, 5.41) is 12.7. The molecule has 0 bridgehead atoms. The van der Waals surface area contributed by atoms with Gasteiger partial charge in [-0.25, -0.2) is 4.79 Å². The highest BCUT2D eigenvalue weighted by Gasteiger charge is 2.16. The molecule has 0 spiro atoms. The first-order valence-corrected chi connectivity index (χ1v) is 9.24. The summed E-state index contributed by atoms with van der Waals surface area (Å²) in [5.41, 5.74) is 0.615. The topological polar surface area (TPSA) is 71.0 Å². The van der Waals surface area contributed by atoms with E-state index in [1.54, 1.807) is 12.1 Å². The molecule has 0 saturated carbocycles. The van der Waals surface area contributed by atoms with Crippen LogP contribution in [0, 0.1) is 0 Å². The molecule has 1 amide bonds. The Balaban J connectivity index is 1.69. The van der Waals surface area contributed by atoms with Crippen LogP contribution in [0.4, 0.5) is 10.5 Å². The van der Waals surface area contributed by atoms with Gasteiger partial charge in [0.1, 0.15) is 18.5 Å². The molecule has 2 N–H and O–H groups in total. The van der Waals surface area contributed by atoms with Crippen molar-refractivity contribution in [2.24, 2.45) is 0 Å². The average Bonchev–Trinajstić information content (AvgIpc) is 2.61. The second kappa shape index (κ2) is 10.9. The lowest BCUT2D eigenvalue weighted by Gasteiger charge is -2.28. The molecule has 1 aliphatic heterocycles. The Kier molecular flexibility index (Phi) is 8.55. The van der Waals surface area contributed by atoms with Crippen LogP contribution in [0.1, 0.15) is 39.0 Å². The minimum atomic E-state index is -0.660. The van der Waals surface area contributed by atoms with Gasteiger partial charge in [0.15, 0.2) is 0 Å². The van der Waals surface area contributed by atoms with Crippen LogP contribution >= 0.6 is 0 Å². The maximum absolute atomic E-state index is 11.9. The number of nitrogens with one attached hydrogen (secondary N) is 1. The molecule has 0 radical (unpaired) electrons. The number of ether oxygens (including phenoxy) is 2. The van der Waals surface area contributed by atoms with E-state index < -0.39 is 12.2 Å². The lowest BCUT2D eigenvalue weighted by atomic mass is 10.1. The number of benzene rings is 1. The number of carbonyl (C=O) groups is 1. The van der Waals surface area contributed by atoms with Gasteiger partial charge < -0.3 is 19.5 Å². The van der Waals surface area contributed by atoms with Crippen LogP contribution in [0.3, 0.4) is 0 Å². The highest BCUT2D eigenvalue weighted by atomic mass is 16.6. The van der Waals surface area contributed by atoms with Crippen LogP contribution < -0.4 is 10.1 Å². The number of β-amino-alcohol motifs (C(OH)–C–C–N with tert-alkyl or cyclic N) is 1. The zero-order chi connectivity index (χ0) is 17.9. The van der Waals surface area contributed by atoms with Crippen molar-refractivity contribution in [3.05, 3.63) is 24.3 Å². The van der Waals surface area contributed by atoms with Gasteiger partial charge in [0.05, 0.1) is 6.61 Å². The first kappa shape index (κ1) is 19.5. The van der Waals surface area contributed by atoms with Crippen molar-refractivity contribution in [1.82, 2.24) is 4.90 Å². The van der Waals surface area contributed by atoms with E-state index in [1.807, 2.05) is 12.1 Å². The summed E-state index contributed by atoms with van der Waals surface area (Å²) < 4.78 is 10.7. The van der Waals surface area contributed by atoms with Crippen molar-refractivity contribution >= 4 is 11.8 Å². The maximum atomic E-state index is 11.9. The molecule has 140 valence electrons. The van der Waals surface area contributed by atoms with Gasteiger partial charge in [0.25, 0.3) is 0 Å². The Morgan fingerprint density at radius 3 is 2.88 bits per heavy atom. The number of hydrogen-bond acceptors (Lipinski definition) is 5. The molecule has 6 nitrogen and oxygen atoms in total. The molecule has 25 heavy (non-hydrogen) atoms. The van der Waals surface area contributed by atoms with Crippen molar-refractivity contribution in [3.63, 3.8) is 0 Å². The normalized spacial score (nSPS) is 16.2. The van der Waals surface area contributed by atoms with E-state index in [4.69, 9.17) is 9.47 Å². The van der Waals surface area contributed by atoms with Crippen molar-refractivity contribution in [1.29, 1.82) is 0 Å². The molecule has 0 aliphatic carbocycles. The van der Waals surface area contributed by atoms with Gasteiger partial charge in [-0.2, -0.15) is 0 Å². The second-order valence-electron chi connectivity index (χ2n) is 6.47. The highest BCUT2D eigenvalue weighted by molar-refractivity contribution is 5.84. The first-order valence-electron chi connectivity index (χ1n) is 9.24. The van der Waals surface area contributed by atoms with Crippen molar-refractivity contribution < 1.29 is 19.4 Å². The molecule has 1 saturated heterocycles. The molecule has 1 unspecified atom stereocenters. The predicted octanol–water partition coefficient (Wildman–Crippen LogP) is 3.26. The molecular weight excluding hydrogens is 320 g/mol. The number of carbonyl (C=O) groups excluding carboxylic acids is 1. The zero-order valence-corrected chi connectivity index (χ0v) is 15.1. The molecule has 2 rings (SSSR count). The Morgan fingerprint density at radius 1 is 1.32 bits per heavy atom. The summed E-state index contributed by atoms with van der Waals surface area (Å²) >= 11 is 0. The van der Waals surface area contributed by atoms with E-state index in [2.05, 4.69) is 17.1 Å². The number of piperidine rings is 1. The predicted molar refractivity (Wildman–Crippen MR) is 98.1 cm³/mol. The highest BCUT2D eigenvalue weighted by Crippen LogP contribution is 2.18. The third-order valence-corrected chi connectivity index (χ3v) is 4.17. The first-order chi connectivity index (χ1) is 12.2. The minimum Gasteiger partial charge on any atom is -0.494 e. The van der Waals surface area contributed by atoms with Crippen molar-refractivity contribution in [2.75, 3.05) is 38.2 Å². The molecule has 0 aromatic heterocycles. The van der Waals surface area contributed by atoms with Gasteiger partial charge in [0, 0.05) is 18.3 Å². The monoisotopic (exact) mass is 350 g/mol. The number of rotatable bonds is 9. The van der Waals surface area contributed by atoms with Crippen LogP contribution in [-0.4, -0.2) is 55.1 Å². The van der Waals surface area contributed by atoms with Gasteiger partial charge in [-0.15, -0.1) is 0 Å². The number of amides is 1. The lowest BCUT2D eigenvalue weighted by molar-refractivity contribution is 0.0437. The molecular formula is C19H30N2O4. The number of aliphatic hydroxyl groups is 1. The van der Waals surface area contributed by atoms with Crippen LogP contribution in [0.15, 0.2) is 24.3 Å². The Bertz CT molecular complexity index is 518. The van der Waals surface area contributed by atoms with Gasteiger partial charge >= 0.3 is 6.09 Å². The average molecular weight is 350 g/mol. The third kappa shape index (κ3) is 7.75.